The minimum Gasteiger partial charge on any atom is -0.326 e. The third-order valence-electron chi connectivity index (χ3n) is 1.86. The van der Waals surface area contributed by atoms with E-state index in [1.807, 2.05) is 0 Å². The summed E-state index contributed by atoms with van der Waals surface area (Å²) in [5, 5.41) is 14.6. The summed E-state index contributed by atoms with van der Waals surface area (Å²) in [7, 11) is 0. The fourth-order valence-corrected chi connectivity index (χ4v) is 1.22. The standard InChI is InChI=1S/C9H8FN5.ClH/c10-8-2-6(4-11)1-7(3-8)9-14-12-5-13-15-9;/h1-3,5H,4,11H2;1H. The molecule has 5 nitrogen and oxygen atoms in total. The fraction of sp³-hybridized carbons (Fsp3) is 0.111. The molecule has 0 bridgehead atoms. The lowest BCUT2D eigenvalue weighted by Gasteiger charge is -2.01. The first-order valence-corrected chi connectivity index (χ1v) is 4.30. The third kappa shape index (κ3) is 2.68. The lowest BCUT2D eigenvalue weighted by molar-refractivity contribution is 0.625. The van der Waals surface area contributed by atoms with Gasteiger partial charge in [0.15, 0.2) is 6.33 Å². The number of hydrogen-bond acceptors (Lipinski definition) is 5. The van der Waals surface area contributed by atoms with Crippen LogP contribution in [0, 0.1) is 5.82 Å². The average Bonchev–Trinajstić information content (AvgIpc) is 2.29. The number of benzene rings is 1. The highest BCUT2D eigenvalue weighted by atomic mass is 35.5. The molecule has 0 saturated heterocycles. The quantitative estimate of drug-likeness (QED) is 0.847. The van der Waals surface area contributed by atoms with Gasteiger partial charge in [0.2, 0.25) is 5.82 Å². The van der Waals surface area contributed by atoms with Gasteiger partial charge >= 0.3 is 0 Å². The van der Waals surface area contributed by atoms with Crippen LogP contribution < -0.4 is 5.73 Å². The largest absolute Gasteiger partial charge is 0.326 e. The van der Waals surface area contributed by atoms with E-state index in [0.717, 1.165) is 0 Å². The van der Waals surface area contributed by atoms with Gasteiger partial charge in [-0.15, -0.1) is 32.8 Å². The molecule has 0 spiro atoms. The van der Waals surface area contributed by atoms with Gasteiger partial charge in [-0.2, -0.15) is 0 Å². The molecule has 0 aliphatic rings. The van der Waals surface area contributed by atoms with E-state index in [4.69, 9.17) is 5.73 Å². The molecule has 16 heavy (non-hydrogen) atoms. The zero-order chi connectivity index (χ0) is 10.7. The molecule has 0 aliphatic carbocycles. The van der Waals surface area contributed by atoms with Crippen LogP contribution in [0.2, 0.25) is 0 Å². The Labute approximate surface area is 97.3 Å². The molecule has 0 amide bonds. The molecule has 2 aromatic rings. The first kappa shape index (κ1) is 12.4. The minimum absolute atomic E-state index is 0. The molecule has 0 radical (unpaired) electrons. The number of nitrogens with zero attached hydrogens (tertiary/aromatic N) is 4. The van der Waals surface area contributed by atoms with Gasteiger partial charge < -0.3 is 5.73 Å². The summed E-state index contributed by atoms with van der Waals surface area (Å²) >= 11 is 0. The van der Waals surface area contributed by atoms with E-state index in [-0.39, 0.29) is 30.6 Å². The molecule has 84 valence electrons. The van der Waals surface area contributed by atoms with E-state index in [1.165, 1.54) is 18.5 Å². The van der Waals surface area contributed by atoms with Gasteiger partial charge in [0.05, 0.1) is 0 Å². The summed E-state index contributed by atoms with van der Waals surface area (Å²) in [6, 6.07) is 4.40. The molecule has 0 saturated carbocycles. The van der Waals surface area contributed by atoms with Crippen molar-refractivity contribution in [3.05, 3.63) is 35.9 Å². The maximum absolute atomic E-state index is 13.1. The molecule has 1 aromatic carbocycles. The van der Waals surface area contributed by atoms with Crippen molar-refractivity contribution < 1.29 is 4.39 Å². The fourth-order valence-electron chi connectivity index (χ4n) is 1.22. The van der Waals surface area contributed by atoms with Gasteiger partial charge in [0.25, 0.3) is 0 Å². The van der Waals surface area contributed by atoms with Gasteiger partial charge in [-0.1, -0.05) is 0 Å². The highest BCUT2D eigenvalue weighted by molar-refractivity contribution is 5.85. The van der Waals surface area contributed by atoms with E-state index in [0.29, 0.717) is 11.1 Å². The van der Waals surface area contributed by atoms with Crippen LogP contribution in [-0.2, 0) is 6.54 Å². The van der Waals surface area contributed by atoms with E-state index in [2.05, 4.69) is 20.4 Å². The zero-order valence-corrected chi connectivity index (χ0v) is 8.99. The van der Waals surface area contributed by atoms with Gasteiger partial charge in [0.1, 0.15) is 5.82 Å². The molecule has 0 fully saturated rings. The number of aromatic nitrogens is 4. The summed E-state index contributed by atoms with van der Waals surface area (Å²) in [6.07, 6.45) is 1.21. The van der Waals surface area contributed by atoms with E-state index < -0.39 is 0 Å². The van der Waals surface area contributed by atoms with Crippen molar-refractivity contribution in [2.45, 2.75) is 6.54 Å². The maximum Gasteiger partial charge on any atom is 0.203 e. The van der Waals surface area contributed by atoms with Gasteiger partial charge in [-0.05, 0) is 23.8 Å². The van der Waals surface area contributed by atoms with Gasteiger partial charge in [-0.25, -0.2) is 4.39 Å². The van der Waals surface area contributed by atoms with Crippen molar-refractivity contribution in [1.82, 2.24) is 20.4 Å². The monoisotopic (exact) mass is 241 g/mol. The second kappa shape index (κ2) is 5.43. The highest BCUT2D eigenvalue weighted by Crippen LogP contribution is 2.16. The third-order valence-corrected chi connectivity index (χ3v) is 1.86. The van der Waals surface area contributed by atoms with Crippen molar-refractivity contribution in [2.75, 3.05) is 0 Å². The first-order chi connectivity index (χ1) is 7.29. The van der Waals surface area contributed by atoms with Crippen LogP contribution in [0.25, 0.3) is 11.4 Å². The Kier molecular flexibility index (Phi) is 4.21. The molecule has 2 N–H and O–H groups in total. The van der Waals surface area contributed by atoms with Crippen molar-refractivity contribution in [3.63, 3.8) is 0 Å². The predicted molar refractivity (Wildman–Crippen MR) is 58.2 cm³/mol. The highest BCUT2D eigenvalue weighted by Gasteiger charge is 2.05. The van der Waals surface area contributed by atoms with Crippen molar-refractivity contribution in [2.24, 2.45) is 5.73 Å². The molecule has 0 unspecified atom stereocenters. The van der Waals surface area contributed by atoms with Gasteiger partial charge in [-0.3, -0.25) is 0 Å². The first-order valence-electron chi connectivity index (χ1n) is 4.30. The smallest absolute Gasteiger partial charge is 0.203 e. The summed E-state index contributed by atoms with van der Waals surface area (Å²) in [6.45, 7) is 0.262. The predicted octanol–water partition coefficient (Wildman–Crippen LogP) is 0.953. The van der Waals surface area contributed by atoms with Crippen LogP contribution in [0.5, 0.6) is 0 Å². The van der Waals surface area contributed by atoms with E-state index >= 15 is 0 Å². The molecule has 2 rings (SSSR count). The average molecular weight is 242 g/mol. The summed E-state index contributed by atoms with van der Waals surface area (Å²) in [4.78, 5) is 0. The summed E-state index contributed by atoms with van der Waals surface area (Å²) in [5.74, 6) is -0.0906. The Morgan fingerprint density at radius 1 is 1.12 bits per heavy atom. The molecule has 0 atom stereocenters. The van der Waals surface area contributed by atoms with E-state index in [9.17, 15) is 4.39 Å². The molecule has 1 aromatic heterocycles. The van der Waals surface area contributed by atoms with Crippen LogP contribution in [0.1, 0.15) is 5.56 Å². The number of nitrogens with two attached hydrogens (primary N) is 1. The zero-order valence-electron chi connectivity index (χ0n) is 8.17. The SMILES string of the molecule is Cl.NCc1cc(F)cc(-c2nncnn2)c1. The van der Waals surface area contributed by atoms with Crippen LogP contribution in [0.3, 0.4) is 0 Å². The summed E-state index contributed by atoms with van der Waals surface area (Å²) < 4.78 is 13.1. The topological polar surface area (TPSA) is 77.6 Å². The van der Waals surface area contributed by atoms with Crippen LogP contribution in [-0.4, -0.2) is 20.4 Å². The molecular weight excluding hydrogens is 233 g/mol. The van der Waals surface area contributed by atoms with Gasteiger partial charge in [0, 0.05) is 12.1 Å². The normalized spacial score (nSPS) is 9.62. The lowest BCUT2D eigenvalue weighted by Crippen LogP contribution is -1.99. The minimum atomic E-state index is -0.375. The Morgan fingerprint density at radius 2 is 1.81 bits per heavy atom. The Balaban J connectivity index is 0.00000128. The Hall–Kier alpha value is -1.66. The number of hydrogen-bond donors (Lipinski definition) is 1. The maximum atomic E-state index is 13.1. The van der Waals surface area contributed by atoms with Crippen molar-refractivity contribution >= 4 is 12.4 Å². The lowest BCUT2D eigenvalue weighted by atomic mass is 10.1. The van der Waals surface area contributed by atoms with Crippen molar-refractivity contribution in [3.8, 4) is 11.4 Å². The molecule has 1 heterocycles. The second-order valence-electron chi connectivity index (χ2n) is 2.92. The molecular formula is C9H9ClFN5. The Morgan fingerprint density at radius 3 is 2.44 bits per heavy atom. The van der Waals surface area contributed by atoms with E-state index in [1.54, 1.807) is 6.07 Å². The number of halogens is 2. The van der Waals surface area contributed by atoms with Crippen molar-refractivity contribution in [1.29, 1.82) is 0 Å². The second-order valence-corrected chi connectivity index (χ2v) is 2.92. The van der Waals surface area contributed by atoms with Crippen LogP contribution in [0.15, 0.2) is 24.5 Å². The van der Waals surface area contributed by atoms with Crippen LogP contribution in [0.4, 0.5) is 4.39 Å². The molecule has 0 aliphatic heterocycles. The molecule has 7 heteroatoms. The van der Waals surface area contributed by atoms with Crippen LogP contribution >= 0.6 is 12.4 Å². The number of rotatable bonds is 2. The Bertz CT molecular complexity index is 465. The summed E-state index contributed by atoms with van der Waals surface area (Å²) in [5.41, 5.74) is 6.63.